The molecular formula is C20H18N2O2S. The van der Waals surface area contributed by atoms with E-state index in [0.717, 1.165) is 5.41 Å². The molecule has 0 aliphatic heterocycles. The van der Waals surface area contributed by atoms with E-state index >= 15 is 0 Å². The molecule has 2 N–H and O–H groups in total. The molecule has 0 radical (unpaired) electrons. The first-order chi connectivity index (χ1) is 12.1. The van der Waals surface area contributed by atoms with Crippen molar-refractivity contribution in [3.8, 4) is 0 Å². The first kappa shape index (κ1) is 16.8. The highest BCUT2D eigenvalue weighted by Crippen LogP contribution is 2.29. The number of nitrogens with two attached hydrogens (primary N) is 1. The molecule has 0 bridgehead atoms. The molecule has 0 heterocycles. The van der Waals surface area contributed by atoms with Crippen LogP contribution in [0.2, 0.25) is 0 Å². The summed E-state index contributed by atoms with van der Waals surface area (Å²) in [7, 11) is -3.83. The summed E-state index contributed by atoms with van der Waals surface area (Å²) in [5, 5.41) is 1.10. The lowest BCUT2D eigenvalue weighted by atomic mass is 10.2. The Hall–Kier alpha value is -3.05. The maximum Gasteiger partial charge on any atom is 0.263 e. The lowest BCUT2D eigenvalue weighted by Gasteiger charge is -2.23. The second kappa shape index (κ2) is 7.23. The van der Waals surface area contributed by atoms with E-state index in [9.17, 15) is 8.42 Å². The van der Waals surface area contributed by atoms with Crippen molar-refractivity contribution >= 4 is 27.1 Å². The van der Waals surface area contributed by atoms with Crippen molar-refractivity contribution in [2.24, 2.45) is 5.73 Å². The normalized spacial score (nSPS) is 11.9. The van der Waals surface area contributed by atoms with Gasteiger partial charge in [0.25, 0.3) is 10.0 Å². The average molecular weight is 350 g/mol. The fourth-order valence-electron chi connectivity index (χ4n) is 2.48. The van der Waals surface area contributed by atoms with Gasteiger partial charge in [0.2, 0.25) is 0 Å². The Kier molecular flexibility index (Phi) is 4.86. The van der Waals surface area contributed by atoms with Gasteiger partial charge in [0.05, 0.1) is 22.5 Å². The molecule has 0 unspecified atom stereocenters. The van der Waals surface area contributed by atoms with Crippen molar-refractivity contribution in [2.45, 2.75) is 0 Å². The van der Waals surface area contributed by atoms with Crippen LogP contribution in [-0.4, -0.2) is 8.42 Å². The lowest BCUT2D eigenvalue weighted by Crippen LogP contribution is -2.24. The van der Waals surface area contributed by atoms with Gasteiger partial charge in [0.15, 0.2) is 0 Å². The third kappa shape index (κ3) is 3.89. The first-order valence-corrected chi connectivity index (χ1v) is 9.26. The Morgan fingerprint density at radius 1 is 0.720 bits per heavy atom. The van der Waals surface area contributed by atoms with Crippen LogP contribution in [0.25, 0.3) is 5.70 Å². The van der Waals surface area contributed by atoms with Crippen molar-refractivity contribution < 1.29 is 8.42 Å². The predicted octanol–water partition coefficient (Wildman–Crippen LogP) is 4.11. The standard InChI is InChI=1S/C20H18N2O2S/c21-20(17-10-4-1-5-11-17)16-25(23,24)22(18-12-6-2-7-13-18)19-14-8-3-9-15-19/h1-16H,21H2/b20-16-. The van der Waals surface area contributed by atoms with Crippen molar-refractivity contribution in [3.05, 3.63) is 102 Å². The number of hydrogen-bond acceptors (Lipinski definition) is 3. The van der Waals surface area contributed by atoms with Crippen molar-refractivity contribution in [2.75, 3.05) is 4.31 Å². The van der Waals surface area contributed by atoms with E-state index in [4.69, 9.17) is 5.73 Å². The van der Waals surface area contributed by atoms with Gasteiger partial charge in [-0.2, -0.15) is 0 Å². The van der Waals surface area contributed by atoms with Gasteiger partial charge >= 0.3 is 0 Å². The van der Waals surface area contributed by atoms with Gasteiger partial charge in [0.1, 0.15) is 0 Å². The molecule has 126 valence electrons. The number of nitrogens with zero attached hydrogens (tertiary/aromatic N) is 1. The van der Waals surface area contributed by atoms with E-state index in [1.54, 1.807) is 60.7 Å². The zero-order valence-electron chi connectivity index (χ0n) is 13.5. The van der Waals surface area contributed by atoms with Gasteiger partial charge in [-0.3, -0.25) is 0 Å². The van der Waals surface area contributed by atoms with Crippen LogP contribution in [0.4, 0.5) is 11.4 Å². The third-order valence-corrected chi connectivity index (χ3v) is 5.10. The molecule has 4 nitrogen and oxygen atoms in total. The zero-order chi connectivity index (χ0) is 17.7. The Balaban J connectivity index is 2.09. The Labute approximate surface area is 147 Å². The van der Waals surface area contributed by atoms with Crippen LogP contribution in [0, 0.1) is 0 Å². The molecule has 0 aliphatic rings. The van der Waals surface area contributed by atoms with Gasteiger partial charge in [-0.1, -0.05) is 66.7 Å². The SMILES string of the molecule is N/C(=C\S(=O)(=O)N(c1ccccc1)c1ccccc1)c1ccccc1. The fourth-order valence-corrected chi connectivity index (χ4v) is 3.88. The van der Waals surface area contributed by atoms with Gasteiger partial charge in [-0.15, -0.1) is 0 Å². The van der Waals surface area contributed by atoms with Gasteiger partial charge in [-0.25, -0.2) is 12.7 Å². The fraction of sp³-hybridized carbons (Fsp3) is 0. The molecule has 0 spiro atoms. The Bertz CT molecular complexity index is 915. The largest absolute Gasteiger partial charge is 0.398 e. The zero-order valence-corrected chi connectivity index (χ0v) is 14.3. The molecule has 25 heavy (non-hydrogen) atoms. The first-order valence-electron chi connectivity index (χ1n) is 7.76. The van der Waals surface area contributed by atoms with Gasteiger partial charge in [-0.05, 0) is 29.8 Å². The molecule has 3 aromatic carbocycles. The van der Waals surface area contributed by atoms with E-state index < -0.39 is 10.0 Å². The summed E-state index contributed by atoms with van der Waals surface area (Å²) < 4.78 is 27.5. The summed E-state index contributed by atoms with van der Waals surface area (Å²) in [4.78, 5) is 0. The molecule has 3 aromatic rings. The molecule has 3 rings (SSSR count). The molecule has 5 heteroatoms. The number of anilines is 2. The Morgan fingerprint density at radius 2 is 1.12 bits per heavy atom. The summed E-state index contributed by atoms with van der Waals surface area (Å²) in [5.41, 5.74) is 7.98. The van der Waals surface area contributed by atoms with Crippen molar-refractivity contribution in [1.82, 2.24) is 0 Å². The van der Waals surface area contributed by atoms with Crippen LogP contribution >= 0.6 is 0 Å². The summed E-state index contributed by atoms with van der Waals surface area (Å²) >= 11 is 0. The highest BCUT2D eigenvalue weighted by Gasteiger charge is 2.22. The predicted molar refractivity (Wildman–Crippen MR) is 103 cm³/mol. The quantitative estimate of drug-likeness (QED) is 0.753. The highest BCUT2D eigenvalue weighted by molar-refractivity contribution is 7.96. The van der Waals surface area contributed by atoms with Crippen molar-refractivity contribution in [3.63, 3.8) is 0 Å². The maximum atomic E-state index is 13.1. The van der Waals surface area contributed by atoms with Gasteiger partial charge < -0.3 is 5.73 Å². The van der Waals surface area contributed by atoms with E-state index in [2.05, 4.69) is 0 Å². The highest BCUT2D eigenvalue weighted by atomic mass is 32.2. The number of benzene rings is 3. The minimum Gasteiger partial charge on any atom is -0.398 e. The molecule has 0 aromatic heterocycles. The van der Waals surface area contributed by atoms with Crippen LogP contribution in [0.3, 0.4) is 0 Å². The smallest absolute Gasteiger partial charge is 0.263 e. The number of rotatable bonds is 5. The summed E-state index contributed by atoms with van der Waals surface area (Å²) in [6.45, 7) is 0. The summed E-state index contributed by atoms with van der Waals surface area (Å²) in [5.74, 6) is 0. The molecule has 0 saturated heterocycles. The average Bonchev–Trinajstić information content (AvgIpc) is 2.64. The lowest BCUT2D eigenvalue weighted by molar-refractivity contribution is 0.605. The molecular weight excluding hydrogens is 332 g/mol. The second-order valence-electron chi connectivity index (χ2n) is 5.42. The monoisotopic (exact) mass is 350 g/mol. The van der Waals surface area contributed by atoms with Crippen molar-refractivity contribution in [1.29, 1.82) is 0 Å². The van der Waals surface area contributed by atoms with Crippen LogP contribution in [-0.2, 0) is 10.0 Å². The number of sulfonamides is 1. The molecule has 0 atom stereocenters. The van der Waals surface area contributed by atoms with E-state index in [0.29, 0.717) is 16.9 Å². The molecule has 0 fully saturated rings. The van der Waals surface area contributed by atoms with Gasteiger partial charge in [0, 0.05) is 0 Å². The van der Waals surface area contributed by atoms with E-state index in [1.165, 1.54) is 4.31 Å². The third-order valence-electron chi connectivity index (χ3n) is 3.62. The number of hydrogen-bond donors (Lipinski definition) is 1. The number of para-hydroxylation sites is 2. The minimum atomic E-state index is -3.83. The molecule has 0 aliphatic carbocycles. The van der Waals surface area contributed by atoms with Crippen LogP contribution in [0.15, 0.2) is 96.4 Å². The second-order valence-corrected chi connectivity index (χ2v) is 7.05. The van der Waals surface area contributed by atoms with Crippen LogP contribution in [0.5, 0.6) is 0 Å². The molecule has 0 saturated carbocycles. The topological polar surface area (TPSA) is 63.4 Å². The van der Waals surface area contributed by atoms with Crippen LogP contribution < -0.4 is 10.0 Å². The Morgan fingerprint density at radius 3 is 1.56 bits per heavy atom. The molecule has 0 amide bonds. The maximum absolute atomic E-state index is 13.1. The van der Waals surface area contributed by atoms with E-state index in [-0.39, 0.29) is 5.70 Å². The van der Waals surface area contributed by atoms with E-state index in [1.807, 2.05) is 30.3 Å². The summed E-state index contributed by atoms with van der Waals surface area (Å²) in [6.07, 6.45) is 0. The summed E-state index contributed by atoms with van der Waals surface area (Å²) in [6, 6.07) is 26.9. The van der Waals surface area contributed by atoms with Crippen LogP contribution in [0.1, 0.15) is 5.56 Å². The minimum absolute atomic E-state index is 0.192.